The zero-order chi connectivity index (χ0) is 30.6. The third-order valence-corrected chi connectivity index (χ3v) is 7.05. The third-order valence-electron chi connectivity index (χ3n) is 7.05. The number of halogens is 3. The molecule has 1 amide bonds. The molecule has 4 aromatic rings. The molecule has 0 atom stereocenters. The lowest BCUT2D eigenvalue weighted by Gasteiger charge is -2.33. The number of pyridine rings is 1. The number of benzene rings is 1. The maximum atomic E-state index is 14.0. The van der Waals surface area contributed by atoms with Crippen LogP contribution in [0.5, 0.6) is 0 Å². The lowest BCUT2D eigenvalue weighted by molar-refractivity contribution is -0.138. The number of rotatable bonds is 7. The topological polar surface area (TPSA) is 90.7 Å². The molecule has 1 aliphatic rings. The van der Waals surface area contributed by atoms with Crippen LogP contribution in [0.3, 0.4) is 0 Å². The van der Waals surface area contributed by atoms with E-state index in [1.807, 2.05) is 24.1 Å². The summed E-state index contributed by atoms with van der Waals surface area (Å²) in [7, 11) is 1.99. The molecule has 1 fully saturated rings. The predicted octanol–water partition coefficient (Wildman–Crippen LogP) is 4.61. The SMILES string of the molecule is CC(C)CNc1ccc2ncc(C#Cc3cncc(C(=O)Nc4ccc(CN5CCN(C)CC5)c(C(F)(F)F)c4)c3)n2n1. The van der Waals surface area contributed by atoms with Gasteiger partial charge in [-0.2, -0.15) is 13.2 Å². The average molecular weight is 591 g/mol. The van der Waals surface area contributed by atoms with E-state index in [0.717, 1.165) is 25.7 Å². The Morgan fingerprint density at radius 2 is 1.81 bits per heavy atom. The summed E-state index contributed by atoms with van der Waals surface area (Å²) in [6.07, 6.45) is -0.102. The number of anilines is 2. The Morgan fingerprint density at radius 1 is 1.02 bits per heavy atom. The molecule has 0 bridgehead atoms. The minimum absolute atomic E-state index is 0.0506. The van der Waals surface area contributed by atoms with Gasteiger partial charge in [-0.3, -0.25) is 14.7 Å². The highest BCUT2D eigenvalue weighted by Gasteiger charge is 2.34. The molecule has 0 aliphatic carbocycles. The van der Waals surface area contributed by atoms with Crippen molar-refractivity contribution in [1.82, 2.24) is 29.4 Å². The summed E-state index contributed by atoms with van der Waals surface area (Å²) in [6.45, 7) is 8.18. The van der Waals surface area contributed by atoms with Gasteiger partial charge in [0.25, 0.3) is 5.91 Å². The van der Waals surface area contributed by atoms with Crippen LogP contribution in [0.1, 0.15) is 46.6 Å². The van der Waals surface area contributed by atoms with Gasteiger partial charge >= 0.3 is 6.18 Å². The van der Waals surface area contributed by atoms with E-state index in [1.54, 1.807) is 10.7 Å². The Hall–Kier alpha value is -4.47. The van der Waals surface area contributed by atoms with Crippen LogP contribution in [-0.4, -0.2) is 75.1 Å². The van der Waals surface area contributed by atoms with E-state index in [2.05, 4.69) is 56.3 Å². The molecule has 43 heavy (non-hydrogen) atoms. The van der Waals surface area contributed by atoms with E-state index in [-0.39, 0.29) is 23.4 Å². The standard InChI is InChI=1S/C31H33F3N8O/c1-21(2)16-36-28-8-9-29-37-19-26(42(29)39-28)7-4-22-14-24(18-35-17-22)30(43)38-25-6-5-23(27(15-25)31(32,33)34)20-41-12-10-40(3)11-13-41/h5-6,8-9,14-15,17-19,21H,10-13,16,20H2,1-3H3,(H,36,39)(H,38,43). The zero-order valence-corrected chi connectivity index (χ0v) is 24.2. The largest absolute Gasteiger partial charge is 0.416 e. The van der Waals surface area contributed by atoms with Crippen molar-refractivity contribution < 1.29 is 18.0 Å². The van der Waals surface area contributed by atoms with Crippen molar-refractivity contribution in [3.05, 3.63) is 82.9 Å². The maximum Gasteiger partial charge on any atom is 0.416 e. The van der Waals surface area contributed by atoms with Crippen LogP contribution >= 0.6 is 0 Å². The summed E-state index contributed by atoms with van der Waals surface area (Å²) >= 11 is 0. The van der Waals surface area contributed by atoms with Gasteiger partial charge in [0.15, 0.2) is 5.65 Å². The zero-order valence-electron chi connectivity index (χ0n) is 24.2. The van der Waals surface area contributed by atoms with E-state index in [4.69, 9.17) is 0 Å². The van der Waals surface area contributed by atoms with Crippen LogP contribution in [0.25, 0.3) is 5.65 Å². The Kier molecular flexibility index (Phi) is 8.94. The summed E-state index contributed by atoms with van der Waals surface area (Å²) in [6, 6.07) is 9.15. The van der Waals surface area contributed by atoms with Crippen LogP contribution in [0, 0.1) is 17.8 Å². The van der Waals surface area contributed by atoms with Gasteiger partial charge in [-0.1, -0.05) is 25.8 Å². The number of aromatic nitrogens is 4. The first-order valence-corrected chi connectivity index (χ1v) is 14.0. The lowest BCUT2D eigenvalue weighted by Crippen LogP contribution is -2.44. The molecule has 1 aromatic carbocycles. The number of hydrogen-bond donors (Lipinski definition) is 2. The molecule has 4 heterocycles. The van der Waals surface area contributed by atoms with Crippen LogP contribution in [0.2, 0.25) is 0 Å². The number of amides is 1. The van der Waals surface area contributed by atoms with E-state index in [1.165, 1.54) is 30.6 Å². The van der Waals surface area contributed by atoms with Gasteiger partial charge in [0.2, 0.25) is 0 Å². The summed E-state index contributed by atoms with van der Waals surface area (Å²) in [5.74, 6) is 6.55. The highest BCUT2D eigenvalue weighted by atomic mass is 19.4. The lowest BCUT2D eigenvalue weighted by atomic mass is 10.0. The quantitative estimate of drug-likeness (QED) is 0.304. The van der Waals surface area contributed by atoms with E-state index < -0.39 is 17.6 Å². The minimum atomic E-state index is -4.56. The third kappa shape index (κ3) is 7.68. The van der Waals surface area contributed by atoms with Crippen molar-refractivity contribution >= 4 is 23.1 Å². The van der Waals surface area contributed by atoms with Crippen molar-refractivity contribution in [2.45, 2.75) is 26.6 Å². The van der Waals surface area contributed by atoms with E-state index in [0.29, 0.717) is 41.7 Å². The molecule has 2 N–H and O–H groups in total. The van der Waals surface area contributed by atoms with Gasteiger partial charge in [0, 0.05) is 62.9 Å². The minimum Gasteiger partial charge on any atom is -0.368 e. The average Bonchev–Trinajstić information content (AvgIpc) is 3.38. The Morgan fingerprint density at radius 3 is 2.56 bits per heavy atom. The van der Waals surface area contributed by atoms with Gasteiger partial charge < -0.3 is 15.5 Å². The summed E-state index contributed by atoms with van der Waals surface area (Å²) in [5, 5.41) is 10.4. The van der Waals surface area contributed by atoms with Crippen molar-refractivity contribution in [3.63, 3.8) is 0 Å². The summed E-state index contributed by atoms with van der Waals surface area (Å²) < 4.78 is 43.5. The molecule has 5 rings (SSSR count). The first-order valence-electron chi connectivity index (χ1n) is 14.0. The van der Waals surface area contributed by atoms with Gasteiger partial charge in [-0.15, -0.1) is 5.10 Å². The first-order chi connectivity index (χ1) is 20.5. The molecule has 0 saturated carbocycles. The highest BCUT2D eigenvalue weighted by Crippen LogP contribution is 2.34. The monoisotopic (exact) mass is 590 g/mol. The highest BCUT2D eigenvalue weighted by molar-refractivity contribution is 6.04. The maximum absolute atomic E-state index is 14.0. The number of hydrogen-bond acceptors (Lipinski definition) is 7. The molecule has 0 radical (unpaired) electrons. The molecule has 9 nitrogen and oxygen atoms in total. The number of alkyl halides is 3. The van der Waals surface area contributed by atoms with Gasteiger partial charge in [-0.25, -0.2) is 9.50 Å². The second-order valence-electron chi connectivity index (χ2n) is 11.0. The Balaban J connectivity index is 1.31. The molecule has 1 saturated heterocycles. The van der Waals surface area contributed by atoms with Crippen LogP contribution < -0.4 is 10.6 Å². The molecule has 0 spiro atoms. The molecule has 12 heteroatoms. The number of fused-ring (bicyclic) bond motifs is 1. The number of carbonyl (C=O) groups excluding carboxylic acids is 1. The number of likely N-dealkylation sites (N-methyl/N-ethyl adjacent to an activating group) is 1. The van der Waals surface area contributed by atoms with Gasteiger partial charge in [0.05, 0.1) is 17.3 Å². The number of imidazole rings is 1. The fourth-order valence-electron chi connectivity index (χ4n) is 4.64. The summed E-state index contributed by atoms with van der Waals surface area (Å²) in [5.41, 5.74) is 1.28. The molecular weight excluding hydrogens is 557 g/mol. The number of nitrogens with zero attached hydrogens (tertiary/aromatic N) is 6. The first kappa shape index (κ1) is 30.0. The number of nitrogens with one attached hydrogen (secondary N) is 2. The second-order valence-corrected chi connectivity index (χ2v) is 11.0. The van der Waals surface area contributed by atoms with E-state index >= 15 is 0 Å². The van der Waals surface area contributed by atoms with Crippen molar-refractivity contribution in [2.24, 2.45) is 5.92 Å². The second kappa shape index (κ2) is 12.8. The smallest absolute Gasteiger partial charge is 0.368 e. The van der Waals surface area contributed by atoms with Crippen molar-refractivity contribution in [2.75, 3.05) is 50.4 Å². The summed E-state index contributed by atoms with van der Waals surface area (Å²) in [4.78, 5) is 25.6. The van der Waals surface area contributed by atoms with Gasteiger partial charge in [0.1, 0.15) is 11.5 Å². The number of piperazine rings is 1. The Bertz CT molecular complexity index is 1660. The molecule has 1 aliphatic heterocycles. The molecule has 3 aromatic heterocycles. The predicted molar refractivity (Wildman–Crippen MR) is 159 cm³/mol. The van der Waals surface area contributed by atoms with Crippen LogP contribution in [0.15, 0.2) is 55.0 Å². The normalized spacial score (nSPS) is 14.5. The van der Waals surface area contributed by atoms with E-state index in [9.17, 15) is 18.0 Å². The van der Waals surface area contributed by atoms with Crippen LogP contribution in [-0.2, 0) is 12.7 Å². The fraction of sp³-hybridized carbons (Fsp3) is 0.355. The number of carbonyl (C=O) groups is 1. The molecular formula is C31H33F3N8O. The fourth-order valence-corrected chi connectivity index (χ4v) is 4.64. The van der Waals surface area contributed by atoms with Crippen molar-refractivity contribution in [1.29, 1.82) is 0 Å². The Labute approximate surface area is 248 Å². The molecule has 0 unspecified atom stereocenters. The van der Waals surface area contributed by atoms with Gasteiger partial charge in [-0.05, 0) is 54.8 Å². The van der Waals surface area contributed by atoms with Crippen LogP contribution in [0.4, 0.5) is 24.7 Å². The molecule has 224 valence electrons. The van der Waals surface area contributed by atoms with Crippen molar-refractivity contribution in [3.8, 4) is 11.8 Å².